The minimum atomic E-state index is 0.882. The van der Waals surface area contributed by atoms with Crippen molar-refractivity contribution in [2.24, 2.45) is 0 Å². The van der Waals surface area contributed by atoms with Gasteiger partial charge in [0.2, 0.25) is 0 Å². The molecule has 0 fully saturated rings. The van der Waals surface area contributed by atoms with Gasteiger partial charge in [0.05, 0.1) is 11.0 Å². The van der Waals surface area contributed by atoms with Gasteiger partial charge in [0.15, 0.2) is 0 Å². The number of hydrogen-bond acceptors (Lipinski definition) is 2. The maximum absolute atomic E-state index is 6.68. The van der Waals surface area contributed by atoms with E-state index in [1.807, 2.05) is 6.07 Å². The molecule has 252 valence electrons. The van der Waals surface area contributed by atoms with Crippen molar-refractivity contribution < 1.29 is 4.42 Å². The van der Waals surface area contributed by atoms with Crippen LogP contribution in [0.1, 0.15) is 11.1 Å². The van der Waals surface area contributed by atoms with Crippen molar-refractivity contribution in [3.63, 3.8) is 0 Å². The van der Waals surface area contributed by atoms with Gasteiger partial charge in [-0.2, -0.15) is 0 Å². The molecule has 53 heavy (non-hydrogen) atoms. The van der Waals surface area contributed by atoms with Crippen LogP contribution in [-0.4, -0.2) is 4.57 Å². The SMILES string of the molecule is Cc1cccc(N(c2ccc(-c3ccccc3)c(C)c2)c2cc(-c3ccc(-n4c5ccccc5c5ccccc54)cc3)c3oc4ccccc4c3c2)c1. The van der Waals surface area contributed by atoms with Crippen molar-refractivity contribution in [2.45, 2.75) is 13.8 Å². The van der Waals surface area contributed by atoms with Crippen molar-refractivity contribution in [2.75, 3.05) is 4.90 Å². The van der Waals surface area contributed by atoms with Crippen molar-refractivity contribution >= 4 is 60.8 Å². The van der Waals surface area contributed by atoms with Crippen LogP contribution in [0.2, 0.25) is 0 Å². The standard InChI is InChI=1S/C50H36N2O/c1-33-13-12-16-38(29-33)51(39-27-28-41(34(2)30-39)35-14-4-3-5-15-35)40-31-45(50-46(32-40)44-19-8-11-22-49(44)53-50)36-23-25-37(26-24-36)52-47-20-9-6-17-42(47)43-18-7-10-21-48(43)52/h3-32H,1-2H3. The Bertz CT molecular complexity index is 2910. The summed E-state index contributed by atoms with van der Waals surface area (Å²) in [6, 6.07) is 65.4. The summed E-state index contributed by atoms with van der Waals surface area (Å²) in [6.07, 6.45) is 0. The summed E-state index contributed by atoms with van der Waals surface area (Å²) in [5.74, 6) is 0. The summed E-state index contributed by atoms with van der Waals surface area (Å²) >= 11 is 0. The first-order chi connectivity index (χ1) is 26.1. The van der Waals surface area contributed by atoms with Crippen LogP contribution in [0.4, 0.5) is 17.1 Å². The molecule has 0 amide bonds. The lowest BCUT2D eigenvalue weighted by molar-refractivity contribution is 0.670. The van der Waals surface area contributed by atoms with E-state index >= 15 is 0 Å². The first kappa shape index (κ1) is 30.9. The molecule has 0 bridgehead atoms. The van der Waals surface area contributed by atoms with E-state index in [-0.39, 0.29) is 0 Å². The summed E-state index contributed by atoms with van der Waals surface area (Å²) in [5.41, 5.74) is 15.6. The van der Waals surface area contributed by atoms with Crippen LogP contribution in [0.15, 0.2) is 186 Å². The number of para-hydroxylation sites is 3. The number of benzene rings is 8. The zero-order valence-corrected chi connectivity index (χ0v) is 29.6. The van der Waals surface area contributed by atoms with Gasteiger partial charge in [0.1, 0.15) is 11.2 Å². The Morgan fingerprint density at radius 3 is 1.79 bits per heavy atom. The Morgan fingerprint density at radius 1 is 0.434 bits per heavy atom. The number of aryl methyl sites for hydroxylation is 2. The van der Waals surface area contributed by atoms with Crippen LogP contribution < -0.4 is 4.90 Å². The lowest BCUT2D eigenvalue weighted by atomic mass is 9.98. The fourth-order valence-electron chi connectivity index (χ4n) is 8.09. The molecule has 8 aromatic carbocycles. The van der Waals surface area contributed by atoms with E-state index in [0.29, 0.717) is 0 Å². The topological polar surface area (TPSA) is 21.3 Å². The minimum absolute atomic E-state index is 0.882. The molecule has 0 aliphatic heterocycles. The normalized spacial score (nSPS) is 11.6. The second-order valence-corrected chi connectivity index (χ2v) is 13.9. The number of fused-ring (bicyclic) bond motifs is 6. The number of anilines is 3. The predicted molar refractivity (Wildman–Crippen MR) is 223 cm³/mol. The first-order valence-electron chi connectivity index (χ1n) is 18.2. The zero-order valence-electron chi connectivity index (χ0n) is 29.6. The van der Waals surface area contributed by atoms with E-state index in [9.17, 15) is 0 Å². The smallest absolute Gasteiger partial charge is 0.143 e. The number of furan rings is 1. The Hall–Kier alpha value is -6.84. The summed E-state index contributed by atoms with van der Waals surface area (Å²) in [4.78, 5) is 2.38. The third-order valence-corrected chi connectivity index (χ3v) is 10.6. The van der Waals surface area contributed by atoms with Crippen LogP contribution in [0, 0.1) is 13.8 Å². The van der Waals surface area contributed by atoms with Gasteiger partial charge in [0.25, 0.3) is 0 Å². The lowest BCUT2D eigenvalue weighted by Gasteiger charge is -2.27. The molecule has 2 aromatic heterocycles. The van der Waals surface area contributed by atoms with Crippen molar-refractivity contribution in [3.05, 3.63) is 193 Å². The van der Waals surface area contributed by atoms with Gasteiger partial charge < -0.3 is 13.9 Å². The minimum Gasteiger partial charge on any atom is -0.455 e. The summed E-state index contributed by atoms with van der Waals surface area (Å²) in [5, 5.41) is 4.71. The number of nitrogens with zero attached hydrogens (tertiary/aromatic N) is 2. The molecule has 0 radical (unpaired) electrons. The monoisotopic (exact) mass is 680 g/mol. The molecular formula is C50H36N2O. The van der Waals surface area contributed by atoms with Crippen molar-refractivity contribution in [1.29, 1.82) is 0 Å². The van der Waals surface area contributed by atoms with Gasteiger partial charge in [0, 0.05) is 49.9 Å². The Labute approximate surface area is 308 Å². The van der Waals surface area contributed by atoms with Crippen LogP contribution >= 0.6 is 0 Å². The molecule has 0 aliphatic carbocycles. The Morgan fingerprint density at radius 2 is 1.08 bits per heavy atom. The molecule has 0 aliphatic rings. The molecular weight excluding hydrogens is 645 g/mol. The Kier molecular flexibility index (Phi) is 7.26. The van der Waals surface area contributed by atoms with Gasteiger partial charge in [-0.1, -0.05) is 115 Å². The van der Waals surface area contributed by atoms with E-state index in [0.717, 1.165) is 55.8 Å². The third-order valence-electron chi connectivity index (χ3n) is 10.6. The van der Waals surface area contributed by atoms with E-state index in [4.69, 9.17) is 4.42 Å². The molecule has 3 nitrogen and oxygen atoms in total. The number of rotatable bonds is 6. The van der Waals surface area contributed by atoms with Gasteiger partial charge in [-0.05, 0) is 108 Å². The van der Waals surface area contributed by atoms with E-state index in [1.54, 1.807) is 0 Å². The van der Waals surface area contributed by atoms with Crippen LogP contribution in [0.25, 0.3) is 71.7 Å². The highest BCUT2D eigenvalue weighted by molar-refractivity contribution is 6.12. The van der Waals surface area contributed by atoms with E-state index < -0.39 is 0 Å². The zero-order chi connectivity index (χ0) is 35.5. The average molecular weight is 681 g/mol. The summed E-state index contributed by atoms with van der Waals surface area (Å²) in [7, 11) is 0. The molecule has 0 spiro atoms. The number of hydrogen-bond donors (Lipinski definition) is 0. The van der Waals surface area contributed by atoms with Crippen LogP contribution in [0.3, 0.4) is 0 Å². The van der Waals surface area contributed by atoms with Gasteiger partial charge >= 0.3 is 0 Å². The first-order valence-corrected chi connectivity index (χ1v) is 18.2. The highest BCUT2D eigenvalue weighted by Gasteiger charge is 2.21. The molecule has 0 atom stereocenters. The van der Waals surface area contributed by atoms with Crippen LogP contribution in [0.5, 0.6) is 0 Å². The van der Waals surface area contributed by atoms with Gasteiger partial charge in [-0.25, -0.2) is 0 Å². The molecule has 10 rings (SSSR count). The molecule has 10 aromatic rings. The summed E-state index contributed by atoms with van der Waals surface area (Å²) in [6.45, 7) is 4.36. The van der Waals surface area contributed by atoms with Crippen molar-refractivity contribution in [3.8, 4) is 27.9 Å². The Balaban J connectivity index is 1.17. The molecule has 2 heterocycles. The second-order valence-electron chi connectivity index (χ2n) is 13.9. The highest BCUT2D eigenvalue weighted by atomic mass is 16.3. The highest BCUT2D eigenvalue weighted by Crippen LogP contribution is 2.44. The quantitative estimate of drug-likeness (QED) is 0.174. The maximum Gasteiger partial charge on any atom is 0.143 e. The largest absolute Gasteiger partial charge is 0.455 e. The average Bonchev–Trinajstić information content (AvgIpc) is 3.74. The van der Waals surface area contributed by atoms with E-state index in [1.165, 1.54) is 44.1 Å². The maximum atomic E-state index is 6.68. The molecule has 3 heteroatoms. The lowest BCUT2D eigenvalue weighted by Crippen LogP contribution is -2.10. The molecule has 0 unspecified atom stereocenters. The van der Waals surface area contributed by atoms with E-state index in [2.05, 4.69) is 199 Å². The molecule has 0 N–H and O–H groups in total. The van der Waals surface area contributed by atoms with Crippen molar-refractivity contribution in [1.82, 2.24) is 4.57 Å². The fourth-order valence-corrected chi connectivity index (χ4v) is 8.09. The van der Waals surface area contributed by atoms with Gasteiger partial charge in [-0.15, -0.1) is 0 Å². The second kappa shape index (κ2) is 12.4. The molecule has 0 saturated heterocycles. The number of aromatic nitrogens is 1. The molecule has 0 saturated carbocycles. The fraction of sp³-hybridized carbons (Fsp3) is 0.0400. The predicted octanol–water partition coefficient (Wildman–Crippen LogP) is 14.1. The van der Waals surface area contributed by atoms with Crippen LogP contribution in [-0.2, 0) is 0 Å². The summed E-state index contributed by atoms with van der Waals surface area (Å²) < 4.78 is 9.04. The third kappa shape index (κ3) is 5.20. The van der Waals surface area contributed by atoms with Gasteiger partial charge in [-0.3, -0.25) is 0 Å².